The highest BCUT2D eigenvalue weighted by Crippen LogP contribution is 2.27. The standard InChI is InChI=1S/C14H13BFN2O3.C2H6/c1-15-9-4-7-6-18(14(21)8(7)5-10(9)16)11-2-3-12(19)17-13(11)20;1-2/h4-5,11H,2-3,6H2,1H3,(H,17,19,20);1-2H3. The van der Waals surface area contributed by atoms with E-state index in [4.69, 9.17) is 0 Å². The number of halogens is 1. The molecule has 121 valence electrons. The summed E-state index contributed by atoms with van der Waals surface area (Å²) in [5, 5.41) is 2.24. The van der Waals surface area contributed by atoms with Gasteiger partial charge in [0.15, 0.2) is 7.28 Å². The van der Waals surface area contributed by atoms with Crippen LogP contribution in [-0.2, 0) is 16.1 Å². The molecule has 1 radical (unpaired) electrons. The van der Waals surface area contributed by atoms with Gasteiger partial charge in [0, 0.05) is 18.5 Å². The second kappa shape index (κ2) is 6.94. The Hall–Kier alpha value is -2.18. The van der Waals surface area contributed by atoms with E-state index in [0.29, 0.717) is 23.0 Å². The number of benzene rings is 1. The van der Waals surface area contributed by atoms with Crippen LogP contribution in [-0.4, -0.2) is 35.9 Å². The molecule has 1 N–H and O–H groups in total. The van der Waals surface area contributed by atoms with Gasteiger partial charge >= 0.3 is 0 Å². The molecule has 0 spiro atoms. The summed E-state index contributed by atoms with van der Waals surface area (Å²) in [4.78, 5) is 36.8. The summed E-state index contributed by atoms with van der Waals surface area (Å²) in [5.74, 6) is -1.60. The first-order chi connectivity index (χ1) is 11.0. The molecule has 1 atom stereocenters. The van der Waals surface area contributed by atoms with Gasteiger partial charge in [0.25, 0.3) is 5.91 Å². The van der Waals surface area contributed by atoms with E-state index in [1.54, 1.807) is 20.2 Å². The lowest BCUT2D eigenvalue weighted by molar-refractivity contribution is -0.136. The number of carbonyl (C=O) groups excluding carboxylic acids is 3. The molecule has 2 heterocycles. The van der Waals surface area contributed by atoms with E-state index in [0.717, 1.165) is 0 Å². The predicted octanol–water partition coefficient (Wildman–Crippen LogP) is 0.990. The molecule has 0 aromatic heterocycles. The van der Waals surface area contributed by atoms with Crippen molar-refractivity contribution in [3.05, 3.63) is 29.1 Å². The van der Waals surface area contributed by atoms with Gasteiger partial charge in [0.1, 0.15) is 11.9 Å². The number of carbonyl (C=O) groups is 3. The molecular formula is C16H19BFN2O3. The molecule has 0 saturated carbocycles. The van der Waals surface area contributed by atoms with Crippen LogP contribution in [0.25, 0.3) is 0 Å². The van der Waals surface area contributed by atoms with Crippen molar-refractivity contribution >= 4 is 30.5 Å². The SMILES string of the molecule is CC.C[B]c1cc2c(cc1F)C(=O)N(C1CCC(=O)NC1=O)C2. The topological polar surface area (TPSA) is 66.5 Å². The molecule has 1 unspecified atom stereocenters. The van der Waals surface area contributed by atoms with E-state index in [1.165, 1.54) is 11.0 Å². The second-order valence-electron chi connectivity index (χ2n) is 5.22. The third kappa shape index (κ3) is 3.13. The summed E-state index contributed by atoms with van der Waals surface area (Å²) >= 11 is 0. The number of fused-ring (bicyclic) bond motifs is 1. The number of amides is 3. The molecule has 1 saturated heterocycles. The Labute approximate surface area is 135 Å². The highest BCUT2D eigenvalue weighted by molar-refractivity contribution is 6.52. The Morgan fingerprint density at radius 3 is 2.57 bits per heavy atom. The minimum Gasteiger partial charge on any atom is -0.322 e. The Morgan fingerprint density at radius 2 is 1.96 bits per heavy atom. The molecule has 1 aromatic rings. The minimum absolute atomic E-state index is 0.207. The molecule has 1 aromatic carbocycles. The normalized spacial score (nSPS) is 19.7. The maximum Gasteiger partial charge on any atom is 0.255 e. The molecule has 1 fully saturated rings. The molecule has 0 bridgehead atoms. The monoisotopic (exact) mass is 317 g/mol. The third-order valence-corrected chi connectivity index (χ3v) is 3.95. The average Bonchev–Trinajstić information content (AvgIpc) is 2.85. The number of imide groups is 1. The second-order valence-corrected chi connectivity index (χ2v) is 5.22. The number of rotatable bonds is 2. The largest absolute Gasteiger partial charge is 0.322 e. The van der Waals surface area contributed by atoms with Crippen molar-refractivity contribution in [3.63, 3.8) is 0 Å². The van der Waals surface area contributed by atoms with Crippen molar-refractivity contribution in [2.24, 2.45) is 0 Å². The summed E-state index contributed by atoms with van der Waals surface area (Å²) in [6.07, 6.45) is 0.512. The molecule has 2 aliphatic rings. The lowest BCUT2D eigenvalue weighted by atomic mass is 9.72. The van der Waals surface area contributed by atoms with Gasteiger partial charge in [-0.2, -0.15) is 0 Å². The van der Waals surface area contributed by atoms with E-state index in [2.05, 4.69) is 5.32 Å². The quantitative estimate of drug-likeness (QED) is 0.653. The van der Waals surface area contributed by atoms with Gasteiger partial charge in [-0.25, -0.2) is 4.39 Å². The Balaban J connectivity index is 0.000000924. The fourth-order valence-electron chi connectivity index (χ4n) is 2.83. The molecular weight excluding hydrogens is 298 g/mol. The van der Waals surface area contributed by atoms with Crippen molar-refractivity contribution in [1.29, 1.82) is 0 Å². The van der Waals surface area contributed by atoms with Crippen molar-refractivity contribution in [2.45, 2.75) is 46.1 Å². The zero-order valence-electron chi connectivity index (χ0n) is 13.5. The van der Waals surface area contributed by atoms with Gasteiger partial charge in [-0.3, -0.25) is 19.7 Å². The lowest BCUT2D eigenvalue weighted by Crippen LogP contribution is -2.52. The molecule has 3 rings (SSSR count). The van der Waals surface area contributed by atoms with Crippen LogP contribution in [0.2, 0.25) is 6.82 Å². The predicted molar refractivity (Wildman–Crippen MR) is 85.0 cm³/mol. The van der Waals surface area contributed by atoms with Gasteiger partial charge < -0.3 is 4.90 Å². The number of nitrogens with one attached hydrogen (secondary N) is 1. The van der Waals surface area contributed by atoms with Gasteiger partial charge in [-0.05, 0) is 18.1 Å². The zero-order valence-corrected chi connectivity index (χ0v) is 13.5. The first-order valence-corrected chi connectivity index (χ1v) is 7.77. The van der Waals surface area contributed by atoms with Crippen LogP contribution in [0.5, 0.6) is 0 Å². The Kier molecular flexibility index (Phi) is 5.18. The molecule has 5 nitrogen and oxygen atoms in total. The maximum absolute atomic E-state index is 13.8. The van der Waals surface area contributed by atoms with E-state index in [9.17, 15) is 18.8 Å². The van der Waals surface area contributed by atoms with E-state index < -0.39 is 17.8 Å². The molecule has 0 aliphatic carbocycles. The van der Waals surface area contributed by atoms with Gasteiger partial charge in [-0.1, -0.05) is 32.2 Å². The molecule has 3 amide bonds. The first-order valence-electron chi connectivity index (χ1n) is 7.77. The van der Waals surface area contributed by atoms with E-state index in [-0.39, 0.29) is 24.8 Å². The summed E-state index contributed by atoms with van der Waals surface area (Å²) in [6.45, 7) is 5.99. The summed E-state index contributed by atoms with van der Waals surface area (Å²) in [7, 11) is 1.63. The van der Waals surface area contributed by atoms with E-state index in [1.807, 2.05) is 13.8 Å². The average molecular weight is 317 g/mol. The van der Waals surface area contributed by atoms with Gasteiger partial charge in [-0.15, -0.1) is 0 Å². The molecule has 7 heteroatoms. The van der Waals surface area contributed by atoms with Crippen LogP contribution < -0.4 is 10.8 Å². The smallest absolute Gasteiger partial charge is 0.255 e. The number of piperidine rings is 1. The van der Waals surface area contributed by atoms with Crippen molar-refractivity contribution in [1.82, 2.24) is 10.2 Å². The highest BCUT2D eigenvalue weighted by Gasteiger charge is 2.39. The van der Waals surface area contributed by atoms with Crippen LogP contribution in [0, 0.1) is 5.82 Å². The van der Waals surface area contributed by atoms with Crippen LogP contribution in [0.1, 0.15) is 42.6 Å². The molecule has 2 aliphatic heterocycles. The Morgan fingerprint density at radius 1 is 1.26 bits per heavy atom. The summed E-state index contributed by atoms with van der Waals surface area (Å²) in [5.41, 5.74) is 1.44. The fraction of sp³-hybridized carbons (Fsp3) is 0.438. The number of hydrogen-bond acceptors (Lipinski definition) is 3. The van der Waals surface area contributed by atoms with Gasteiger partial charge in [0.05, 0.1) is 0 Å². The fourth-order valence-corrected chi connectivity index (χ4v) is 2.83. The zero-order chi connectivity index (χ0) is 17.1. The molecule has 23 heavy (non-hydrogen) atoms. The van der Waals surface area contributed by atoms with Crippen LogP contribution in [0.4, 0.5) is 4.39 Å². The highest BCUT2D eigenvalue weighted by atomic mass is 19.1. The summed E-state index contributed by atoms with van der Waals surface area (Å²) < 4.78 is 13.8. The summed E-state index contributed by atoms with van der Waals surface area (Å²) in [6, 6.07) is 2.19. The minimum atomic E-state index is -0.667. The third-order valence-electron chi connectivity index (χ3n) is 3.95. The number of hydrogen-bond donors (Lipinski definition) is 1. The van der Waals surface area contributed by atoms with Crippen molar-refractivity contribution in [2.75, 3.05) is 0 Å². The van der Waals surface area contributed by atoms with Gasteiger partial charge in [0.2, 0.25) is 11.8 Å². The van der Waals surface area contributed by atoms with Crippen molar-refractivity contribution < 1.29 is 18.8 Å². The Bertz CT molecular complexity index is 663. The van der Waals surface area contributed by atoms with Crippen LogP contribution in [0.3, 0.4) is 0 Å². The first kappa shape index (κ1) is 17.2. The van der Waals surface area contributed by atoms with E-state index >= 15 is 0 Å². The lowest BCUT2D eigenvalue weighted by Gasteiger charge is -2.29. The maximum atomic E-state index is 13.8. The van der Waals surface area contributed by atoms with Crippen LogP contribution >= 0.6 is 0 Å². The van der Waals surface area contributed by atoms with Crippen molar-refractivity contribution in [3.8, 4) is 0 Å². The number of nitrogens with zero attached hydrogens (tertiary/aromatic N) is 1. The van der Waals surface area contributed by atoms with Crippen LogP contribution in [0.15, 0.2) is 12.1 Å².